The highest BCUT2D eigenvalue weighted by molar-refractivity contribution is 9.13. The molecule has 0 aliphatic carbocycles. The lowest BCUT2D eigenvalue weighted by molar-refractivity contribution is 0.174. The minimum atomic E-state index is 0.309. The normalized spacial score (nSPS) is 12.8. The minimum Gasteiger partial charge on any atom is -0.454 e. The number of benzene rings is 1. The maximum atomic E-state index is 5.34. The third-order valence-electron chi connectivity index (χ3n) is 2.54. The SMILES string of the molecule is Brc1cc(CNc2ccc3c(c2)OCO3)sc1Br. The molecule has 18 heavy (non-hydrogen) atoms. The van der Waals surface area contributed by atoms with Crippen molar-refractivity contribution in [3.8, 4) is 11.5 Å². The van der Waals surface area contributed by atoms with Gasteiger partial charge in [-0.25, -0.2) is 0 Å². The highest BCUT2D eigenvalue weighted by atomic mass is 79.9. The maximum Gasteiger partial charge on any atom is 0.231 e. The van der Waals surface area contributed by atoms with Gasteiger partial charge < -0.3 is 14.8 Å². The van der Waals surface area contributed by atoms with Crippen molar-refractivity contribution in [2.45, 2.75) is 6.54 Å². The molecule has 3 rings (SSSR count). The van der Waals surface area contributed by atoms with Crippen LogP contribution in [0.5, 0.6) is 11.5 Å². The summed E-state index contributed by atoms with van der Waals surface area (Å²) in [6.45, 7) is 1.10. The van der Waals surface area contributed by atoms with E-state index in [4.69, 9.17) is 9.47 Å². The Hall–Kier alpha value is -0.720. The summed E-state index contributed by atoms with van der Waals surface area (Å²) in [5.74, 6) is 1.61. The van der Waals surface area contributed by atoms with Gasteiger partial charge in [0, 0.05) is 27.6 Å². The Kier molecular flexibility index (Phi) is 3.50. The van der Waals surface area contributed by atoms with Gasteiger partial charge in [-0.05, 0) is 50.1 Å². The first-order valence-electron chi connectivity index (χ1n) is 5.29. The third kappa shape index (κ3) is 2.50. The van der Waals surface area contributed by atoms with E-state index >= 15 is 0 Å². The number of hydrogen-bond acceptors (Lipinski definition) is 4. The molecule has 3 nitrogen and oxygen atoms in total. The van der Waals surface area contributed by atoms with Crippen LogP contribution in [0.1, 0.15) is 4.88 Å². The van der Waals surface area contributed by atoms with Crippen LogP contribution in [0.3, 0.4) is 0 Å². The molecule has 1 aliphatic heterocycles. The molecular formula is C12H9Br2NO2S. The van der Waals surface area contributed by atoms with Crippen molar-refractivity contribution in [3.05, 3.63) is 37.4 Å². The van der Waals surface area contributed by atoms with Crippen LogP contribution in [0.25, 0.3) is 0 Å². The quantitative estimate of drug-likeness (QED) is 0.829. The lowest BCUT2D eigenvalue weighted by Crippen LogP contribution is -1.97. The van der Waals surface area contributed by atoms with Crippen LogP contribution in [0.2, 0.25) is 0 Å². The van der Waals surface area contributed by atoms with Crippen molar-refractivity contribution in [1.82, 2.24) is 0 Å². The van der Waals surface area contributed by atoms with Crippen molar-refractivity contribution in [3.63, 3.8) is 0 Å². The summed E-state index contributed by atoms with van der Waals surface area (Å²) in [5.41, 5.74) is 1.03. The van der Waals surface area contributed by atoms with Crippen LogP contribution < -0.4 is 14.8 Å². The lowest BCUT2D eigenvalue weighted by atomic mass is 10.3. The summed E-state index contributed by atoms with van der Waals surface area (Å²) in [5, 5.41) is 3.36. The maximum absolute atomic E-state index is 5.34. The standard InChI is InChI=1S/C12H9Br2NO2S/c13-9-4-8(18-12(9)14)5-15-7-1-2-10-11(3-7)17-6-16-10/h1-4,15H,5-6H2. The molecule has 1 N–H and O–H groups in total. The molecule has 0 saturated heterocycles. The lowest BCUT2D eigenvalue weighted by Gasteiger charge is -2.05. The second kappa shape index (κ2) is 5.11. The Labute approximate surface area is 125 Å². The number of halogens is 2. The number of rotatable bonds is 3. The summed E-state index contributed by atoms with van der Waals surface area (Å²) in [4.78, 5) is 1.26. The molecule has 1 aromatic carbocycles. The van der Waals surface area contributed by atoms with E-state index in [1.807, 2.05) is 18.2 Å². The second-order valence-electron chi connectivity index (χ2n) is 3.76. The van der Waals surface area contributed by atoms with Gasteiger partial charge in [-0.1, -0.05) is 0 Å². The smallest absolute Gasteiger partial charge is 0.231 e. The highest BCUT2D eigenvalue weighted by Crippen LogP contribution is 2.35. The number of ether oxygens (including phenoxy) is 2. The van der Waals surface area contributed by atoms with Crippen LogP contribution in [0.15, 0.2) is 32.5 Å². The molecule has 94 valence electrons. The summed E-state index contributed by atoms with van der Waals surface area (Å²) in [7, 11) is 0. The van der Waals surface area contributed by atoms with Crippen molar-refractivity contribution < 1.29 is 9.47 Å². The van der Waals surface area contributed by atoms with Crippen LogP contribution in [-0.2, 0) is 6.54 Å². The van der Waals surface area contributed by atoms with Gasteiger partial charge in [0.05, 0.1) is 3.79 Å². The highest BCUT2D eigenvalue weighted by Gasteiger charge is 2.13. The predicted octanol–water partition coefficient (Wildman–Crippen LogP) is 4.61. The first-order valence-corrected chi connectivity index (χ1v) is 7.70. The van der Waals surface area contributed by atoms with Gasteiger partial charge in [0.25, 0.3) is 0 Å². The van der Waals surface area contributed by atoms with Crippen molar-refractivity contribution in [2.24, 2.45) is 0 Å². The van der Waals surface area contributed by atoms with Crippen molar-refractivity contribution in [1.29, 1.82) is 0 Å². The monoisotopic (exact) mass is 389 g/mol. The van der Waals surface area contributed by atoms with E-state index in [9.17, 15) is 0 Å². The van der Waals surface area contributed by atoms with Gasteiger partial charge in [-0.2, -0.15) is 0 Å². The first-order chi connectivity index (χ1) is 8.72. The number of thiophene rings is 1. The van der Waals surface area contributed by atoms with Gasteiger partial charge in [-0.3, -0.25) is 0 Å². The second-order valence-corrected chi connectivity index (χ2v) is 7.06. The number of anilines is 1. The molecule has 0 radical (unpaired) electrons. The number of hydrogen-bond donors (Lipinski definition) is 1. The van der Waals surface area contributed by atoms with Gasteiger partial charge in [0.1, 0.15) is 0 Å². The molecule has 1 aliphatic rings. The molecule has 0 atom stereocenters. The first kappa shape index (κ1) is 12.3. The fourth-order valence-electron chi connectivity index (χ4n) is 1.67. The van der Waals surface area contributed by atoms with E-state index in [0.717, 1.165) is 32.0 Å². The molecule has 0 bridgehead atoms. The zero-order chi connectivity index (χ0) is 12.5. The molecule has 0 spiro atoms. The van der Waals surface area contributed by atoms with E-state index in [1.165, 1.54) is 4.88 Å². The molecule has 2 heterocycles. The average Bonchev–Trinajstić information content (AvgIpc) is 2.94. The van der Waals surface area contributed by atoms with E-state index in [2.05, 4.69) is 43.2 Å². The molecule has 6 heteroatoms. The Morgan fingerprint density at radius 1 is 1.17 bits per heavy atom. The molecule has 1 aromatic heterocycles. The molecule has 2 aromatic rings. The Balaban J connectivity index is 1.70. The van der Waals surface area contributed by atoms with E-state index in [1.54, 1.807) is 11.3 Å². The number of fused-ring (bicyclic) bond motifs is 1. The fourth-order valence-corrected chi connectivity index (χ4v) is 3.79. The van der Waals surface area contributed by atoms with Gasteiger partial charge in [0.15, 0.2) is 11.5 Å². The number of nitrogens with one attached hydrogen (secondary N) is 1. The zero-order valence-electron chi connectivity index (χ0n) is 9.20. The van der Waals surface area contributed by atoms with E-state index in [0.29, 0.717) is 6.79 Å². The summed E-state index contributed by atoms with van der Waals surface area (Å²) in [6, 6.07) is 7.98. The van der Waals surface area contributed by atoms with Gasteiger partial charge in [-0.15, -0.1) is 11.3 Å². The Morgan fingerprint density at radius 2 is 2.00 bits per heavy atom. The fraction of sp³-hybridized carbons (Fsp3) is 0.167. The zero-order valence-corrected chi connectivity index (χ0v) is 13.2. The average molecular weight is 391 g/mol. The molecule has 0 saturated carbocycles. The summed E-state index contributed by atoms with van der Waals surface area (Å²) < 4.78 is 12.8. The van der Waals surface area contributed by atoms with Crippen LogP contribution >= 0.6 is 43.2 Å². The van der Waals surface area contributed by atoms with Gasteiger partial charge in [0.2, 0.25) is 6.79 Å². The van der Waals surface area contributed by atoms with Crippen LogP contribution in [-0.4, -0.2) is 6.79 Å². The molecule has 0 fully saturated rings. The molecule has 0 amide bonds. The van der Waals surface area contributed by atoms with Crippen LogP contribution in [0, 0.1) is 0 Å². The van der Waals surface area contributed by atoms with Crippen LogP contribution in [0.4, 0.5) is 5.69 Å². The third-order valence-corrected chi connectivity index (χ3v) is 5.79. The largest absolute Gasteiger partial charge is 0.454 e. The molecule has 0 unspecified atom stereocenters. The topological polar surface area (TPSA) is 30.5 Å². The van der Waals surface area contributed by atoms with Crippen molar-refractivity contribution in [2.75, 3.05) is 12.1 Å². The summed E-state index contributed by atoms with van der Waals surface area (Å²) in [6.07, 6.45) is 0. The molecular weight excluding hydrogens is 382 g/mol. The Morgan fingerprint density at radius 3 is 2.78 bits per heavy atom. The summed E-state index contributed by atoms with van der Waals surface area (Å²) >= 11 is 8.68. The van der Waals surface area contributed by atoms with Crippen molar-refractivity contribution >= 4 is 48.9 Å². The van der Waals surface area contributed by atoms with E-state index < -0.39 is 0 Å². The minimum absolute atomic E-state index is 0.309. The predicted molar refractivity (Wildman–Crippen MR) is 79.6 cm³/mol. The Bertz CT molecular complexity index is 566. The van der Waals surface area contributed by atoms with Gasteiger partial charge >= 0.3 is 0 Å². The van der Waals surface area contributed by atoms with E-state index in [-0.39, 0.29) is 0 Å².